The number of rotatable bonds is 7. The fraction of sp³-hybridized carbons (Fsp3) is 0.611. The number of aliphatic hydroxyl groups is 1. The van der Waals surface area contributed by atoms with Gasteiger partial charge in [0.25, 0.3) is 0 Å². The topological polar surface area (TPSA) is 61.8 Å². The van der Waals surface area contributed by atoms with Crippen molar-refractivity contribution in [2.24, 2.45) is 5.92 Å². The third-order valence-corrected chi connectivity index (χ3v) is 4.47. The summed E-state index contributed by atoms with van der Waals surface area (Å²) in [5.74, 6) is 0.278. The molecule has 1 unspecified atom stereocenters. The van der Waals surface area contributed by atoms with Crippen LogP contribution in [0.3, 0.4) is 0 Å². The Morgan fingerprint density at radius 3 is 2.74 bits per heavy atom. The number of carbonyl (C=O) groups excluding carboxylic acids is 1. The second-order valence-electron chi connectivity index (χ2n) is 6.21. The van der Waals surface area contributed by atoms with Gasteiger partial charge >= 0.3 is 0 Å². The molecule has 1 aliphatic rings. The van der Waals surface area contributed by atoms with Crippen LogP contribution in [0.4, 0.5) is 11.4 Å². The molecule has 0 aromatic heterocycles. The molecule has 1 fully saturated rings. The normalized spacial score (nSPS) is 17.1. The number of nitrogens with zero attached hydrogens (tertiary/aromatic N) is 1. The van der Waals surface area contributed by atoms with E-state index in [1.165, 1.54) is 0 Å². The van der Waals surface area contributed by atoms with E-state index in [1.54, 1.807) is 0 Å². The molecule has 1 aromatic rings. The molecule has 128 valence electrons. The molecule has 0 spiro atoms. The van der Waals surface area contributed by atoms with Crippen LogP contribution in [0.2, 0.25) is 0 Å². The van der Waals surface area contributed by atoms with Crippen LogP contribution < -0.4 is 10.2 Å². The van der Waals surface area contributed by atoms with Crippen molar-refractivity contribution in [2.75, 3.05) is 36.5 Å². The molecule has 0 aliphatic carbocycles. The Morgan fingerprint density at radius 1 is 1.39 bits per heavy atom. The summed E-state index contributed by atoms with van der Waals surface area (Å²) in [6, 6.07) is 7.87. The van der Waals surface area contributed by atoms with Gasteiger partial charge in [0.2, 0.25) is 5.91 Å². The van der Waals surface area contributed by atoms with E-state index in [-0.39, 0.29) is 25.2 Å². The number of benzene rings is 1. The third-order valence-electron chi connectivity index (χ3n) is 4.47. The summed E-state index contributed by atoms with van der Waals surface area (Å²) >= 11 is 0. The van der Waals surface area contributed by atoms with E-state index in [0.29, 0.717) is 5.92 Å². The minimum absolute atomic E-state index is 0.0793. The molecule has 1 aliphatic heterocycles. The molecule has 1 amide bonds. The fourth-order valence-corrected chi connectivity index (χ4v) is 2.73. The first-order chi connectivity index (χ1) is 11.1. The number of aliphatic hydroxyl groups excluding tert-OH is 1. The highest BCUT2D eigenvalue weighted by molar-refractivity contribution is 5.95. The van der Waals surface area contributed by atoms with Gasteiger partial charge in [-0.1, -0.05) is 19.1 Å². The van der Waals surface area contributed by atoms with Gasteiger partial charge in [0.05, 0.1) is 17.5 Å². The zero-order valence-electron chi connectivity index (χ0n) is 14.1. The van der Waals surface area contributed by atoms with Crippen molar-refractivity contribution >= 4 is 17.3 Å². The number of ether oxygens (including phenoxy) is 1. The Kier molecular flexibility index (Phi) is 6.86. The van der Waals surface area contributed by atoms with Crippen molar-refractivity contribution in [1.82, 2.24) is 0 Å². The van der Waals surface area contributed by atoms with Crippen LogP contribution in [-0.2, 0) is 9.53 Å². The summed E-state index contributed by atoms with van der Waals surface area (Å²) in [6.07, 6.45) is 2.95. The number of nitrogens with one attached hydrogen (secondary N) is 1. The highest BCUT2D eigenvalue weighted by Crippen LogP contribution is 2.29. The first-order valence-corrected chi connectivity index (χ1v) is 8.50. The average molecular weight is 320 g/mol. The number of hydrogen-bond donors (Lipinski definition) is 2. The SMILES string of the molecule is CCC(C)OCC(=O)Nc1ccccc1N1CCC(CO)CC1. The van der Waals surface area contributed by atoms with Gasteiger partial charge in [-0.15, -0.1) is 0 Å². The number of hydrogen-bond acceptors (Lipinski definition) is 4. The molecule has 23 heavy (non-hydrogen) atoms. The molecule has 2 N–H and O–H groups in total. The average Bonchev–Trinajstić information content (AvgIpc) is 2.60. The second kappa shape index (κ2) is 8.89. The summed E-state index contributed by atoms with van der Waals surface area (Å²) in [6.45, 7) is 6.15. The maximum absolute atomic E-state index is 12.1. The quantitative estimate of drug-likeness (QED) is 0.811. The van der Waals surface area contributed by atoms with E-state index >= 15 is 0 Å². The second-order valence-corrected chi connectivity index (χ2v) is 6.21. The van der Waals surface area contributed by atoms with Gasteiger partial charge in [-0.3, -0.25) is 4.79 Å². The third kappa shape index (κ3) is 5.22. The number of carbonyl (C=O) groups is 1. The van der Waals surface area contributed by atoms with Crippen molar-refractivity contribution < 1.29 is 14.6 Å². The Balaban J connectivity index is 1.96. The number of para-hydroxylation sites is 2. The highest BCUT2D eigenvalue weighted by atomic mass is 16.5. The monoisotopic (exact) mass is 320 g/mol. The summed E-state index contributed by atoms with van der Waals surface area (Å²) in [5.41, 5.74) is 1.87. The van der Waals surface area contributed by atoms with Gasteiger partial charge in [-0.25, -0.2) is 0 Å². The summed E-state index contributed by atoms with van der Waals surface area (Å²) in [7, 11) is 0. The minimum atomic E-state index is -0.122. The lowest BCUT2D eigenvalue weighted by Gasteiger charge is -2.34. The van der Waals surface area contributed by atoms with Crippen molar-refractivity contribution in [3.8, 4) is 0 Å². The van der Waals surface area contributed by atoms with Crippen molar-refractivity contribution in [2.45, 2.75) is 39.2 Å². The first kappa shape index (κ1) is 17.8. The van der Waals surface area contributed by atoms with Gasteiger partial charge in [-0.05, 0) is 44.2 Å². The van der Waals surface area contributed by atoms with E-state index in [1.807, 2.05) is 38.1 Å². The Bertz CT molecular complexity index is 499. The van der Waals surface area contributed by atoms with Crippen LogP contribution in [0.25, 0.3) is 0 Å². The fourth-order valence-electron chi connectivity index (χ4n) is 2.73. The van der Waals surface area contributed by atoms with Crippen molar-refractivity contribution in [3.63, 3.8) is 0 Å². The molecule has 0 bridgehead atoms. The minimum Gasteiger partial charge on any atom is -0.396 e. The van der Waals surface area contributed by atoms with E-state index in [0.717, 1.165) is 43.7 Å². The molecule has 0 radical (unpaired) electrons. The molecule has 1 atom stereocenters. The molecule has 1 saturated heterocycles. The molecule has 1 aromatic carbocycles. The van der Waals surface area contributed by atoms with Gasteiger partial charge in [-0.2, -0.15) is 0 Å². The van der Waals surface area contributed by atoms with Crippen molar-refractivity contribution in [3.05, 3.63) is 24.3 Å². The van der Waals surface area contributed by atoms with Gasteiger partial charge in [0, 0.05) is 19.7 Å². The molecule has 5 nitrogen and oxygen atoms in total. The Labute approximate surface area is 138 Å². The first-order valence-electron chi connectivity index (χ1n) is 8.50. The zero-order valence-corrected chi connectivity index (χ0v) is 14.1. The van der Waals surface area contributed by atoms with Crippen LogP contribution in [0, 0.1) is 5.92 Å². The van der Waals surface area contributed by atoms with E-state index in [2.05, 4.69) is 10.2 Å². The molecule has 5 heteroatoms. The van der Waals surface area contributed by atoms with E-state index in [4.69, 9.17) is 4.74 Å². The van der Waals surface area contributed by atoms with Crippen LogP contribution in [0.5, 0.6) is 0 Å². The smallest absolute Gasteiger partial charge is 0.250 e. The maximum Gasteiger partial charge on any atom is 0.250 e. The molecular weight excluding hydrogens is 292 g/mol. The summed E-state index contributed by atoms with van der Waals surface area (Å²) in [4.78, 5) is 14.4. The Hall–Kier alpha value is -1.59. The standard InChI is InChI=1S/C18H28N2O3/c1-3-14(2)23-13-18(22)19-16-6-4-5-7-17(16)20-10-8-15(12-21)9-11-20/h4-7,14-15,21H,3,8-13H2,1-2H3,(H,19,22). The number of amides is 1. The van der Waals surface area contributed by atoms with E-state index in [9.17, 15) is 9.90 Å². The Morgan fingerprint density at radius 2 is 2.09 bits per heavy atom. The maximum atomic E-state index is 12.1. The van der Waals surface area contributed by atoms with Crippen LogP contribution in [0.1, 0.15) is 33.1 Å². The molecule has 0 saturated carbocycles. The molecule has 2 rings (SSSR count). The number of anilines is 2. The highest BCUT2D eigenvalue weighted by Gasteiger charge is 2.20. The largest absolute Gasteiger partial charge is 0.396 e. The summed E-state index contributed by atoms with van der Waals surface area (Å²) < 4.78 is 5.49. The predicted octanol–water partition coefficient (Wildman–Crippen LogP) is 2.65. The molecular formula is C18H28N2O3. The van der Waals surface area contributed by atoms with Crippen LogP contribution >= 0.6 is 0 Å². The van der Waals surface area contributed by atoms with Crippen LogP contribution in [-0.4, -0.2) is 43.4 Å². The van der Waals surface area contributed by atoms with Gasteiger partial charge in [0.15, 0.2) is 0 Å². The summed E-state index contributed by atoms with van der Waals surface area (Å²) in [5, 5.41) is 12.2. The zero-order chi connectivity index (χ0) is 16.7. The van der Waals surface area contributed by atoms with Gasteiger partial charge < -0.3 is 20.1 Å². The lowest BCUT2D eigenvalue weighted by molar-refractivity contribution is -0.122. The van der Waals surface area contributed by atoms with Gasteiger partial charge in [0.1, 0.15) is 6.61 Å². The number of piperidine rings is 1. The van der Waals surface area contributed by atoms with E-state index < -0.39 is 0 Å². The van der Waals surface area contributed by atoms with Crippen molar-refractivity contribution in [1.29, 1.82) is 0 Å². The lowest BCUT2D eigenvalue weighted by Crippen LogP contribution is -2.35. The lowest BCUT2D eigenvalue weighted by atomic mass is 9.97. The molecule has 1 heterocycles. The van der Waals surface area contributed by atoms with Crippen LogP contribution in [0.15, 0.2) is 24.3 Å². The predicted molar refractivity (Wildman–Crippen MR) is 92.8 cm³/mol.